The summed E-state index contributed by atoms with van der Waals surface area (Å²) in [6.45, 7) is 1.49. The lowest BCUT2D eigenvalue weighted by Crippen LogP contribution is -2.40. The molecule has 1 aromatic rings. The van der Waals surface area contributed by atoms with Gasteiger partial charge in [-0.25, -0.2) is 0 Å². The molecule has 21 heavy (non-hydrogen) atoms. The molecule has 1 saturated carbocycles. The van der Waals surface area contributed by atoms with Crippen molar-refractivity contribution in [3.8, 4) is 0 Å². The van der Waals surface area contributed by atoms with E-state index in [0.29, 0.717) is 19.6 Å². The average molecular weight is 295 g/mol. The van der Waals surface area contributed by atoms with Gasteiger partial charge in [-0.2, -0.15) is 0 Å². The van der Waals surface area contributed by atoms with Crippen molar-refractivity contribution in [3.63, 3.8) is 0 Å². The monoisotopic (exact) mass is 295 g/mol. The SMILES string of the molecule is CN(CCn1cc([N+](=O)[O-])ccc1=O)CC1(O)CCCC1. The summed E-state index contributed by atoms with van der Waals surface area (Å²) in [4.78, 5) is 23.9. The van der Waals surface area contributed by atoms with Gasteiger partial charge in [-0.1, -0.05) is 12.8 Å². The number of aromatic nitrogens is 1. The van der Waals surface area contributed by atoms with E-state index in [9.17, 15) is 20.0 Å². The molecule has 1 aromatic heterocycles. The molecule has 0 saturated heterocycles. The first kappa shape index (κ1) is 15.7. The molecule has 0 unspecified atom stereocenters. The first-order valence-corrected chi connectivity index (χ1v) is 7.15. The minimum atomic E-state index is -0.623. The molecule has 7 nitrogen and oxygen atoms in total. The van der Waals surface area contributed by atoms with Crippen LogP contribution < -0.4 is 5.56 Å². The van der Waals surface area contributed by atoms with Gasteiger partial charge in [0.05, 0.1) is 16.7 Å². The van der Waals surface area contributed by atoms with Crippen LogP contribution >= 0.6 is 0 Å². The van der Waals surface area contributed by atoms with Crippen molar-refractivity contribution in [2.24, 2.45) is 0 Å². The van der Waals surface area contributed by atoms with Crippen molar-refractivity contribution in [1.82, 2.24) is 9.47 Å². The van der Waals surface area contributed by atoms with E-state index in [1.165, 1.54) is 22.9 Å². The number of aliphatic hydroxyl groups is 1. The molecule has 116 valence electrons. The Balaban J connectivity index is 1.94. The minimum absolute atomic E-state index is 0.0910. The van der Waals surface area contributed by atoms with Crippen LogP contribution in [0.5, 0.6) is 0 Å². The molecular weight excluding hydrogens is 274 g/mol. The highest BCUT2D eigenvalue weighted by molar-refractivity contribution is 5.24. The Hall–Kier alpha value is -1.73. The fourth-order valence-electron chi connectivity index (χ4n) is 2.85. The Bertz CT molecular complexity index is 564. The average Bonchev–Trinajstić information content (AvgIpc) is 2.83. The van der Waals surface area contributed by atoms with Crippen LogP contribution in [0.1, 0.15) is 25.7 Å². The lowest BCUT2D eigenvalue weighted by Gasteiger charge is -2.28. The maximum Gasteiger partial charge on any atom is 0.285 e. The molecule has 0 bridgehead atoms. The van der Waals surface area contributed by atoms with Gasteiger partial charge in [-0.15, -0.1) is 0 Å². The number of hydrogen-bond donors (Lipinski definition) is 1. The van der Waals surface area contributed by atoms with Crippen molar-refractivity contribution >= 4 is 5.69 Å². The second-order valence-electron chi connectivity index (χ2n) is 5.85. The maximum atomic E-state index is 11.7. The van der Waals surface area contributed by atoms with E-state index in [-0.39, 0.29) is 11.2 Å². The van der Waals surface area contributed by atoms with Gasteiger partial charge >= 0.3 is 0 Å². The molecule has 0 aromatic carbocycles. The van der Waals surface area contributed by atoms with Gasteiger partial charge in [0, 0.05) is 31.8 Å². The zero-order chi connectivity index (χ0) is 15.5. The van der Waals surface area contributed by atoms with E-state index >= 15 is 0 Å². The summed E-state index contributed by atoms with van der Waals surface area (Å²) in [5.41, 5.74) is -0.970. The van der Waals surface area contributed by atoms with E-state index in [1.807, 2.05) is 11.9 Å². The predicted molar refractivity (Wildman–Crippen MR) is 78.3 cm³/mol. The number of pyridine rings is 1. The first-order chi connectivity index (χ1) is 9.89. The minimum Gasteiger partial charge on any atom is -0.389 e. The van der Waals surface area contributed by atoms with Gasteiger partial charge < -0.3 is 14.6 Å². The molecule has 1 fully saturated rings. The van der Waals surface area contributed by atoms with Crippen LogP contribution in [-0.4, -0.2) is 45.2 Å². The van der Waals surface area contributed by atoms with Crippen LogP contribution in [0.15, 0.2) is 23.1 Å². The summed E-state index contributed by atoms with van der Waals surface area (Å²) in [6.07, 6.45) is 4.99. The van der Waals surface area contributed by atoms with Crippen LogP contribution in [0.4, 0.5) is 5.69 Å². The third-order valence-electron chi connectivity index (χ3n) is 4.00. The molecule has 0 spiro atoms. The van der Waals surface area contributed by atoms with E-state index in [1.54, 1.807) is 0 Å². The van der Waals surface area contributed by atoms with Gasteiger partial charge in [0.2, 0.25) is 0 Å². The number of nitro groups is 1. The van der Waals surface area contributed by atoms with Crippen LogP contribution in [0.25, 0.3) is 0 Å². The molecule has 0 amide bonds. The first-order valence-electron chi connectivity index (χ1n) is 7.15. The fraction of sp³-hybridized carbons (Fsp3) is 0.643. The third kappa shape index (κ3) is 4.12. The number of hydrogen-bond acceptors (Lipinski definition) is 5. The molecule has 7 heteroatoms. The van der Waals surface area contributed by atoms with E-state index in [0.717, 1.165) is 25.7 Å². The van der Waals surface area contributed by atoms with Crippen molar-refractivity contribution in [2.45, 2.75) is 37.8 Å². The number of likely N-dealkylation sites (N-methyl/N-ethyl adjacent to an activating group) is 1. The summed E-state index contributed by atoms with van der Waals surface area (Å²) in [5.74, 6) is 0. The van der Waals surface area contributed by atoms with Gasteiger partial charge in [0.1, 0.15) is 0 Å². The van der Waals surface area contributed by atoms with Crippen LogP contribution in [0.2, 0.25) is 0 Å². The summed E-state index contributed by atoms with van der Waals surface area (Å²) >= 11 is 0. The largest absolute Gasteiger partial charge is 0.389 e. The summed E-state index contributed by atoms with van der Waals surface area (Å²) in [5, 5.41) is 21.1. The highest BCUT2D eigenvalue weighted by atomic mass is 16.6. The van der Waals surface area contributed by atoms with Crippen molar-refractivity contribution in [3.05, 3.63) is 38.8 Å². The Kier molecular flexibility index (Phi) is 4.74. The smallest absolute Gasteiger partial charge is 0.285 e. The van der Waals surface area contributed by atoms with Crippen LogP contribution in [-0.2, 0) is 6.54 Å². The quantitative estimate of drug-likeness (QED) is 0.624. The Morgan fingerprint density at radius 2 is 2.10 bits per heavy atom. The lowest BCUT2D eigenvalue weighted by atomic mass is 10.0. The molecule has 0 atom stereocenters. The van der Waals surface area contributed by atoms with Gasteiger partial charge in [-0.3, -0.25) is 14.9 Å². The maximum absolute atomic E-state index is 11.7. The zero-order valence-electron chi connectivity index (χ0n) is 12.2. The Morgan fingerprint density at radius 3 is 2.71 bits per heavy atom. The van der Waals surface area contributed by atoms with Crippen LogP contribution in [0.3, 0.4) is 0 Å². The molecule has 1 heterocycles. The normalized spacial score (nSPS) is 17.3. The van der Waals surface area contributed by atoms with Crippen molar-refractivity contribution in [1.29, 1.82) is 0 Å². The summed E-state index contributed by atoms with van der Waals surface area (Å²) in [6, 6.07) is 2.42. The molecule has 1 aliphatic rings. The fourth-order valence-corrected chi connectivity index (χ4v) is 2.85. The highest BCUT2D eigenvalue weighted by Gasteiger charge is 2.31. The van der Waals surface area contributed by atoms with E-state index < -0.39 is 10.5 Å². The molecule has 1 aliphatic carbocycles. The van der Waals surface area contributed by atoms with Gasteiger partial charge in [-0.05, 0) is 19.9 Å². The second-order valence-corrected chi connectivity index (χ2v) is 5.85. The van der Waals surface area contributed by atoms with E-state index in [2.05, 4.69) is 0 Å². The van der Waals surface area contributed by atoms with Gasteiger partial charge in [0.25, 0.3) is 11.2 Å². The topological polar surface area (TPSA) is 88.6 Å². The van der Waals surface area contributed by atoms with E-state index in [4.69, 9.17) is 0 Å². The number of nitrogens with zero attached hydrogens (tertiary/aromatic N) is 3. The third-order valence-corrected chi connectivity index (χ3v) is 4.00. The lowest BCUT2D eigenvalue weighted by molar-refractivity contribution is -0.385. The second kappa shape index (κ2) is 6.36. The Labute approximate surface area is 123 Å². The zero-order valence-corrected chi connectivity index (χ0v) is 12.2. The van der Waals surface area contributed by atoms with Gasteiger partial charge in [0.15, 0.2) is 0 Å². The summed E-state index contributed by atoms with van der Waals surface area (Å²) in [7, 11) is 1.89. The predicted octanol–water partition coefficient (Wildman–Crippen LogP) is 0.993. The van der Waals surface area contributed by atoms with Crippen LogP contribution in [0, 0.1) is 10.1 Å². The molecule has 2 rings (SSSR count). The van der Waals surface area contributed by atoms with Crippen molar-refractivity contribution in [2.75, 3.05) is 20.1 Å². The Morgan fingerprint density at radius 1 is 1.43 bits per heavy atom. The standard InChI is InChI=1S/C14H21N3O4/c1-15(11-14(19)6-2-3-7-14)8-9-16-10-12(17(20)21)4-5-13(16)18/h4-5,10,19H,2-3,6-9,11H2,1H3. The molecular formula is C14H21N3O4. The molecule has 0 aliphatic heterocycles. The molecule has 1 N–H and O–H groups in total. The highest BCUT2D eigenvalue weighted by Crippen LogP contribution is 2.29. The molecule has 0 radical (unpaired) electrons. The summed E-state index contributed by atoms with van der Waals surface area (Å²) < 4.78 is 1.34. The number of rotatable bonds is 6. The van der Waals surface area contributed by atoms with Crippen molar-refractivity contribution < 1.29 is 10.0 Å².